The molecule has 1 aliphatic rings. The fourth-order valence-corrected chi connectivity index (χ4v) is 2.94. The second-order valence-corrected chi connectivity index (χ2v) is 5.49. The first-order valence-electron chi connectivity index (χ1n) is 6.22. The second kappa shape index (κ2) is 5.91. The Bertz CT molecular complexity index is 294. The lowest BCUT2D eigenvalue weighted by molar-refractivity contribution is -0.141. The zero-order chi connectivity index (χ0) is 13.8. The molecular formula is C12H20F3NO2. The van der Waals surface area contributed by atoms with Crippen LogP contribution in [0.3, 0.4) is 0 Å². The topological polar surface area (TPSA) is 49.3 Å². The molecule has 0 aliphatic heterocycles. The summed E-state index contributed by atoms with van der Waals surface area (Å²) in [5.74, 6) is -0.552. The monoisotopic (exact) mass is 267 g/mol. The zero-order valence-electron chi connectivity index (χ0n) is 10.5. The molecule has 0 aromatic heterocycles. The Hall–Kier alpha value is -0.780. The molecule has 0 amide bonds. The van der Waals surface area contributed by atoms with Crippen LogP contribution in [0.15, 0.2) is 0 Å². The summed E-state index contributed by atoms with van der Waals surface area (Å²) in [6.45, 7) is 1.10. The number of carboxylic acids is 1. The third kappa shape index (κ3) is 5.25. The Labute approximate surface area is 105 Å². The van der Waals surface area contributed by atoms with E-state index in [1.165, 1.54) is 0 Å². The van der Waals surface area contributed by atoms with E-state index in [1.54, 1.807) is 0 Å². The van der Waals surface area contributed by atoms with E-state index in [0.717, 1.165) is 12.8 Å². The van der Waals surface area contributed by atoms with Gasteiger partial charge in [-0.2, -0.15) is 13.2 Å². The lowest BCUT2D eigenvalue weighted by atomic mass is 9.68. The number of hydrogen-bond acceptors (Lipinski definition) is 2. The van der Waals surface area contributed by atoms with Gasteiger partial charge in [-0.1, -0.05) is 19.8 Å². The number of nitrogens with one attached hydrogen (secondary N) is 1. The highest BCUT2D eigenvalue weighted by molar-refractivity contribution is 5.67. The maximum atomic E-state index is 12.1. The summed E-state index contributed by atoms with van der Waals surface area (Å²) in [5, 5.41) is 11.3. The standard InChI is InChI=1S/C12H20F3NO2/c1-9-3-2-4-11(5-9,6-10(17)18)7-16-8-12(13,14)15/h9,16H,2-8H2,1H3,(H,17,18). The molecule has 0 bridgehead atoms. The smallest absolute Gasteiger partial charge is 0.401 e. The SMILES string of the molecule is CC1CCCC(CNCC(F)(F)F)(CC(=O)O)C1. The molecule has 0 heterocycles. The van der Waals surface area contributed by atoms with Crippen molar-refractivity contribution in [1.82, 2.24) is 5.32 Å². The molecule has 2 N–H and O–H groups in total. The van der Waals surface area contributed by atoms with E-state index in [1.807, 2.05) is 6.92 Å². The lowest BCUT2D eigenvalue weighted by Crippen LogP contribution is -2.42. The van der Waals surface area contributed by atoms with Crippen molar-refractivity contribution in [2.45, 2.75) is 45.2 Å². The highest BCUT2D eigenvalue weighted by Gasteiger charge is 2.37. The Morgan fingerprint density at radius 2 is 2.17 bits per heavy atom. The predicted octanol–water partition coefficient (Wildman–Crippen LogP) is 2.81. The van der Waals surface area contributed by atoms with E-state index in [4.69, 9.17) is 5.11 Å². The van der Waals surface area contributed by atoms with Crippen molar-refractivity contribution in [3.63, 3.8) is 0 Å². The van der Waals surface area contributed by atoms with E-state index in [-0.39, 0.29) is 13.0 Å². The number of hydrogen-bond donors (Lipinski definition) is 2. The van der Waals surface area contributed by atoms with Gasteiger partial charge in [-0.25, -0.2) is 0 Å². The van der Waals surface area contributed by atoms with Crippen LogP contribution in [0.5, 0.6) is 0 Å². The van der Waals surface area contributed by atoms with Gasteiger partial charge in [0.05, 0.1) is 13.0 Å². The van der Waals surface area contributed by atoms with Crippen LogP contribution in [-0.4, -0.2) is 30.3 Å². The van der Waals surface area contributed by atoms with Gasteiger partial charge in [-0.3, -0.25) is 4.79 Å². The van der Waals surface area contributed by atoms with Crippen LogP contribution in [0.2, 0.25) is 0 Å². The Morgan fingerprint density at radius 1 is 1.50 bits per heavy atom. The van der Waals surface area contributed by atoms with Crippen LogP contribution in [-0.2, 0) is 4.79 Å². The molecule has 0 radical (unpaired) electrons. The van der Waals surface area contributed by atoms with Crippen LogP contribution in [0, 0.1) is 11.3 Å². The quantitative estimate of drug-likeness (QED) is 0.805. The molecule has 1 fully saturated rings. The van der Waals surface area contributed by atoms with Gasteiger partial charge in [-0.15, -0.1) is 0 Å². The van der Waals surface area contributed by atoms with E-state index >= 15 is 0 Å². The third-order valence-electron chi connectivity index (χ3n) is 3.54. The van der Waals surface area contributed by atoms with Gasteiger partial charge in [0.2, 0.25) is 0 Å². The minimum absolute atomic E-state index is 0.0534. The van der Waals surface area contributed by atoms with Crippen molar-refractivity contribution in [2.24, 2.45) is 11.3 Å². The van der Waals surface area contributed by atoms with Crippen LogP contribution >= 0.6 is 0 Å². The number of carbonyl (C=O) groups is 1. The molecule has 106 valence electrons. The maximum Gasteiger partial charge on any atom is 0.401 e. The number of aliphatic carboxylic acids is 1. The summed E-state index contributed by atoms with van der Waals surface area (Å²) >= 11 is 0. The molecule has 2 atom stereocenters. The number of halogens is 3. The molecule has 0 aromatic rings. The first-order valence-corrected chi connectivity index (χ1v) is 6.22. The van der Waals surface area contributed by atoms with Crippen LogP contribution in [0.1, 0.15) is 39.0 Å². The van der Waals surface area contributed by atoms with Crippen molar-refractivity contribution in [3.8, 4) is 0 Å². The van der Waals surface area contributed by atoms with Gasteiger partial charge < -0.3 is 10.4 Å². The number of carboxylic acid groups (broad SMARTS) is 1. The fourth-order valence-electron chi connectivity index (χ4n) is 2.94. The average molecular weight is 267 g/mol. The lowest BCUT2D eigenvalue weighted by Gasteiger charge is -2.39. The Balaban J connectivity index is 2.57. The zero-order valence-corrected chi connectivity index (χ0v) is 10.5. The summed E-state index contributed by atoms with van der Waals surface area (Å²) in [6, 6.07) is 0. The molecule has 2 unspecified atom stereocenters. The molecule has 6 heteroatoms. The summed E-state index contributed by atoms with van der Waals surface area (Å²) in [5.41, 5.74) is -0.519. The largest absolute Gasteiger partial charge is 0.481 e. The summed E-state index contributed by atoms with van der Waals surface area (Å²) in [4.78, 5) is 10.9. The van der Waals surface area contributed by atoms with Gasteiger partial charge >= 0.3 is 12.1 Å². The van der Waals surface area contributed by atoms with Crippen molar-refractivity contribution in [2.75, 3.05) is 13.1 Å². The molecular weight excluding hydrogens is 247 g/mol. The third-order valence-corrected chi connectivity index (χ3v) is 3.54. The second-order valence-electron chi connectivity index (χ2n) is 5.49. The fraction of sp³-hybridized carbons (Fsp3) is 0.917. The number of rotatable bonds is 5. The molecule has 0 aromatic carbocycles. The number of alkyl halides is 3. The molecule has 18 heavy (non-hydrogen) atoms. The van der Waals surface area contributed by atoms with E-state index < -0.39 is 24.1 Å². The minimum atomic E-state index is -4.25. The Morgan fingerprint density at radius 3 is 2.67 bits per heavy atom. The first kappa shape index (κ1) is 15.3. The predicted molar refractivity (Wildman–Crippen MR) is 61.2 cm³/mol. The van der Waals surface area contributed by atoms with Crippen LogP contribution < -0.4 is 5.32 Å². The molecule has 1 saturated carbocycles. The minimum Gasteiger partial charge on any atom is -0.481 e. The van der Waals surface area contributed by atoms with Crippen LogP contribution in [0.4, 0.5) is 13.2 Å². The average Bonchev–Trinajstić information content (AvgIpc) is 2.13. The van der Waals surface area contributed by atoms with Gasteiger partial charge in [0.15, 0.2) is 0 Å². The van der Waals surface area contributed by atoms with E-state index in [9.17, 15) is 18.0 Å². The molecule has 1 aliphatic carbocycles. The molecule has 1 rings (SSSR count). The van der Waals surface area contributed by atoms with Gasteiger partial charge in [-0.05, 0) is 24.2 Å². The van der Waals surface area contributed by atoms with Crippen molar-refractivity contribution in [3.05, 3.63) is 0 Å². The first-order chi connectivity index (χ1) is 8.22. The normalized spacial score (nSPS) is 29.2. The van der Waals surface area contributed by atoms with Crippen molar-refractivity contribution in [1.29, 1.82) is 0 Å². The Kier molecular flexibility index (Phi) is 5.01. The maximum absolute atomic E-state index is 12.1. The van der Waals surface area contributed by atoms with Crippen molar-refractivity contribution >= 4 is 5.97 Å². The molecule has 0 spiro atoms. The summed E-state index contributed by atoms with van der Waals surface area (Å²) in [7, 11) is 0. The van der Waals surface area contributed by atoms with Crippen molar-refractivity contribution < 1.29 is 23.1 Å². The van der Waals surface area contributed by atoms with Gasteiger partial charge in [0.25, 0.3) is 0 Å². The van der Waals surface area contributed by atoms with E-state index in [0.29, 0.717) is 18.8 Å². The molecule has 0 saturated heterocycles. The highest BCUT2D eigenvalue weighted by Crippen LogP contribution is 2.41. The van der Waals surface area contributed by atoms with E-state index in [2.05, 4.69) is 5.32 Å². The van der Waals surface area contributed by atoms with Crippen LogP contribution in [0.25, 0.3) is 0 Å². The van der Waals surface area contributed by atoms with Gasteiger partial charge in [0.1, 0.15) is 0 Å². The highest BCUT2D eigenvalue weighted by atomic mass is 19.4. The summed E-state index contributed by atoms with van der Waals surface area (Å²) in [6.07, 6.45) is -1.01. The molecule has 3 nitrogen and oxygen atoms in total. The van der Waals surface area contributed by atoms with Gasteiger partial charge in [0, 0.05) is 6.54 Å². The summed E-state index contributed by atoms with van der Waals surface area (Å²) < 4.78 is 36.3.